The van der Waals surface area contributed by atoms with Crippen LogP contribution in [0.3, 0.4) is 0 Å². The van der Waals surface area contributed by atoms with Crippen LogP contribution in [-0.4, -0.2) is 32.3 Å². The Morgan fingerprint density at radius 3 is 2.54 bits per heavy atom. The van der Waals surface area contributed by atoms with E-state index in [4.69, 9.17) is 0 Å². The molecular weight excluding hydrogens is 306 g/mol. The summed E-state index contributed by atoms with van der Waals surface area (Å²) in [7, 11) is 0. The summed E-state index contributed by atoms with van der Waals surface area (Å²) in [5.74, 6) is -0.660. The second-order valence-corrected chi connectivity index (χ2v) is 7.29. The van der Waals surface area contributed by atoms with E-state index >= 15 is 0 Å². The summed E-state index contributed by atoms with van der Waals surface area (Å²) in [6.07, 6.45) is 9.79. The fraction of sp³-hybridized carbons (Fsp3) is 0.722. The number of nitrogens with zero attached hydrogens (tertiary/aromatic N) is 2. The Hall–Kier alpha value is -1.85. The number of nitrogens with one attached hydrogen (secondary N) is 1. The quantitative estimate of drug-likeness (QED) is 0.867. The smallest absolute Gasteiger partial charge is 0.329 e. The Bertz CT molecular complexity index is 596. The minimum atomic E-state index is -1.13. The molecule has 132 valence electrons. The van der Waals surface area contributed by atoms with Gasteiger partial charge in [-0.1, -0.05) is 26.2 Å². The van der Waals surface area contributed by atoms with E-state index in [9.17, 15) is 14.7 Å². The van der Waals surface area contributed by atoms with Crippen molar-refractivity contribution in [1.29, 1.82) is 0 Å². The van der Waals surface area contributed by atoms with E-state index in [1.807, 2.05) is 0 Å². The second-order valence-electron chi connectivity index (χ2n) is 7.29. The first-order valence-corrected chi connectivity index (χ1v) is 9.15. The number of hydrogen-bond acceptors (Lipinski definition) is 3. The minimum absolute atomic E-state index is 0.261. The summed E-state index contributed by atoms with van der Waals surface area (Å²) < 4.78 is 1.79. The monoisotopic (exact) mass is 333 g/mol. The Morgan fingerprint density at radius 2 is 1.96 bits per heavy atom. The van der Waals surface area contributed by atoms with Crippen molar-refractivity contribution in [2.75, 3.05) is 0 Å². The molecule has 6 nitrogen and oxygen atoms in total. The lowest BCUT2D eigenvalue weighted by atomic mass is 9.75. The highest BCUT2D eigenvalue weighted by molar-refractivity contribution is 5.96. The molecule has 6 heteroatoms. The zero-order valence-electron chi connectivity index (χ0n) is 14.3. The van der Waals surface area contributed by atoms with Crippen LogP contribution in [0.4, 0.5) is 0 Å². The number of carboxylic acid groups (broad SMARTS) is 1. The molecule has 0 bridgehead atoms. The van der Waals surface area contributed by atoms with E-state index in [0.717, 1.165) is 44.9 Å². The van der Waals surface area contributed by atoms with Crippen molar-refractivity contribution in [2.45, 2.75) is 76.3 Å². The molecule has 2 saturated carbocycles. The first-order valence-electron chi connectivity index (χ1n) is 9.15. The Morgan fingerprint density at radius 1 is 1.29 bits per heavy atom. The van der Waals surface area contributed by atoms with E-state index in [1.54, 1.807) is 16.9 Å². The van der Waals surface area contributed by atoms with E-state index < -0.39 is 11.5 Å². The number of aromatic nitrogens is 2. The normalized spacial score (nSPS) is 28.0. The maximum atomic E-state index is 12.8. The zero-order chi connectivity index (χ0) is 17.2. The molecule has 1 amide bonds. The Balaban J connectivity index is 1.75. The van der Waals surface area contributed by atoms with Crippen molar-refractivity contribution < 1.29 is 14.7 Å². The van der Waals surface area contributed by atoms with Gasteiger partial charge in [0.05, 0.1) is 6.04 Å². The number of amides is 1. The van der Waals surface area contributed by atoms with Crippen LogP contribution in [0.1, 0.15) is 81.2 Å². The fourth-order valence-electron chi connectivity index (χ4n) is 4.19. The summed E-state index contributed by atoms with van der Waals surface area (Å²) in [4.78, 5) is 24.7. The lowest BCUT2D eigenvalue weighted by Crippen LogP contribution is -2.56. The predicted molar refractivity (Wildman–Crippen MR) is 89.8 cm³/mol. The molecule has 2 N–H and O–H groups in total. The van der Waals surface area contributed by atoms with Crippen molar-refractivity contribution in [2.24, 2.45) is 5.92 Å². The number of carbonyl (C=O) groups is 2. The van der Waals surface area contributed by atoms with Crippen molar-refractivity contribution in [3.05, 3.63) is 18.0 Å². The average molecular weight is 333 g/mol. The molecule has 0 aliphatic heterocycles. The summed E-state index contributed by atoms with van der Waals surface area (Å²) in [6.45, 7) is 2.14. The third kappa shape index (κ3) is 3.19. The molecular formula is C18H27N3O3. The molecule has 1 heterocycles. The van der Waals surface area contributed by atoms with Crippen LogP contribution >= 0.6 is 0 Å². The van der Waals surface area contributed by atoms with Gasteiger partial charge in [0.25, 0.3) is 5.91 Å². The molecule has 0 unspecified atom stereocenters. The van der Waals surface area contributed by atoms with Gasteiger partial charge in [-0.25, -0.2) is 4.79 Å². The van der Waals surface area contributed by atoms with Gasteiger partial charge in [0, 0.05) is 6.20 Å². The lowest BCUT2D eigenvalue weighted by molar-refractivity contribution is -0.146. The van der Waals surface area contributed by atoms with Gasteiger partial charge in [0.2, 0.25) is 0 Å². The van der Waals surface area contributed by atoms with Crippen LogP contribution in [-0.2, 0) is 4.79 Å². The zero-order valence-corrected chi connectivity index (χ0v) is 14.3. The second kappa shape index (κ2) is 6.95. The van der Waals surface area contributed by atoms with Crippen molar-refractivity contribution in [3.8, 4) is 0 Å². The van der Waals surface area contributed by atoms with E-state index in [0.29, 0.717) is 24.5 Å². The topological polar surface area (TPSA) is 84.2 Å². The predicted octanol–water partition coefficient (Wildman–Crippen LogP) is 3.15. The van der Waals surface area contributed by atoms with Gasteiger partial charge in [-0.2, -0.15) is 5.10 Å². The van der Waals surface area contributed by atoms with Crippen molar-refractivity contribution in [1.82, 2.24) is 15.1 Å². The molecule has 0 radical (unpaired) electrons. The summed E-state index contributed by atoms with van der Waals surface area (Å²) >= 11 is 0. The summed E-state index contributed by atoms with van der Waals surface area (Å²) in [6, 6.07) is 1.96. The third-order valence-electron chi connectivity index (χ3n) is 5.87. The van der Waals surface area contributed by atoms with Gasteiger partial charge >= 0.3 is 5.97 Å². The van der Waals surface area contributed by atoms with Gasteiger partial charge in [-0.05, 0) is 50.5 Å². The first kappa shape index (κ1) is 17.0. The van der Waals surface area contributed by atoms with Gasteiger partial charge in [0.15, 0.2) is 0 Å². The van der Waals surface area contributed by atoms with Crippen molar-refractivity contribution >= 4 is 11.9 Å². The van der Waals surface area contributed by atoms with Gasteiger partial charge in [-0.3, -0.25) is 9.48 Å². The maximum absolute atomic E-state index is 12.8. The highest BCUT2D eigenvalue weighted by Crippen LogP contribution is 2.35. The Kier molecular flexibility index (Phi) is 4.92. The third-order valence-corrected chi connectivity index (χ3v) is 5.87. The van der Waals surface area contributed by atoms with Gasteiger partial charge in [-0.15, -0.1) is 0 Å². The number of carboxylic acids is 1. The van der Waals surface area contributed by atoms with Crippen LogP contribution < -0.4 is 5.32 Å². The van der Waals surface area contributed by atoms with Gasteiger partial charge in [0.1, 0.15) is 11.2 Å². The largest absolute Gasteiger partial charge is 0.480 e. The molecule has 2 aliphatic carbocycles. The number of aliphatic carboxylic acids is 1. The molecule has 3 rings (SSSR count). The molecule has 0 atom stereocenters. The van der Waals surface area contributed by atoms with E-state index in [1.165, 1.54) is 0 Å². The maximum Gasteiger partial charge on any atom is 0.329 e. The molecule has 2 aliphatic rings. The number of rotatable bonds is 5. The standard InChI is InChI=1S/C18H27N3O3/c1-2-13-7-10-18(11-8-13,17(23)24)20-16(22)15-9-12-19-21(15)14-5-3-4-6-14/h9,12-14H,2-8,10-11H2,1H3,(H,20,22)(H,23,24). The molecule has 1 aromatic rings. The fourth-order valence-corrected chi connectivity index (χ4v) is 4.19. The van der Waals surface area contributed by atoms with E-state index in [2.05, 4.69) is 17.3 Å². The summed E-state index contributed by atoms with van der Waals surface area (Å²) in [5, 5.41) is 16.9. The van der Waals surface area contributed by atoms with Crippen LogP contribution in [0, 0.1) is 5.92 Å². The van der Waals surface area contributed by atoms with Crippen LogP contribution in [0.5, 0.6) is 0 Å². The Labute approximate surface area is 142 Å². The molecule has 0 spiro atoms. The molecule has 0 saturated heterocycles. The molecule has 2 fully saturated rings. The van der Waals surface area contributed by atoms with Crippen LogP contribution in [0.2, 0.25) is 0 Å². The average Bonchev–Trinajstić information content (AvgIpc) is 3.26. The molecule has 0 aromatic carbocycles. The minimum Gasteiger partial charge on any atom is -0.480 e. The first-order chi connectivity index (χ1) is 11.6. The lowest BCUT2D eigenvalue weighted by Gasteiger charge is -2.37. The SMILES string of the molecule is CCC1CCC(NC(=O)c2ccnn2C2CCCC2)(C(=O)O)CC1. The number of carbonyl (C=O) groups excluding carboxylic acids is 1. The van der Waals surface area contributed by atoms with E-state index in [-0.39, 0.29) is 11.9 Å². The van der Waals surface area contributed by atoms with Crippen LogP contribution in [0.25, 0.3) is 0 Å². The van der Waals surface area contributed by atoms with Crippen molar-refractivity contribution in [3.63, 3.8) is 0 Å². The molecule has 1 aromatic heterocycles. The van der Waals surface area contributed by atoms with Crippen LogP contribution in [0.15, 0.2) is 12.3 Å². The molecule has 24 heavy (non-hydrogen) atoms. The highest BCUT2D eigenvalue weighted by atomic mass is 16.4. The van der Waals surface area contributed by atoms with Gasteiger partial charge < -0.3 is 10.4 Å². The summed E-state index contributed by atoms with van der Waals surface area (Å²) in [5.41, 5.74) is -0.645. The number of hydrogen-bond donors (Lipinski definition) is 2. The highest BCUT2D eigenvalue weighted by Gasteiger charge is 2.43.